The molecule has 1 amide bonds. The van der Waals surface area contributed by atoms with Crippen molar-refractivity contribution in [3.05, 3.63) is 244 Å². The Morgan fingerprint density at radius 1 is 0.576 bits per heavy atom. The SMILES string of the molecule is C=CCc1c(F)ccc2ccc(=O)n(CC)c12.CCO/C=C/C(=O)Cc1cccc(F)c1Br.CCO/C=C/C(=O)N(CC)c1cccc(F)c1Br.CCn1c(=O)ccc2ccc(F)c(Br)c21.CCn1c(=O)ccc2ccc(F)c(CC=O)c21.[2H]CF.[CH3-].[O]=[Os](=[O])(=[O])=[O].[V]. The van der Waals surface area contributed by atoms with E-state index < -0.39 is 33.6 Å². The fourth-order valence-electron chi connectivity index (χ4n) is 8.36. The zero-order chi connectivity index (χ0) is 68.5. The van der Waals surface area contributed by atoms with E-state index in [1.807, 2.05) is 41.5 Å². The molecule has 0 spiro atoms. The van der Waals surface area contributed by atoms with Gasteiger partial charge in [0.1, 0.15) is 35.4 Å². The molecule has 0 atom stereocenters. The van der Waals surface area contributed by atoms with Gasteiger partial charge in [-0.1, -0.05) is 24.3 Å². The number of benzene rings is 5. The van der Waals surface area contributed by atoms with Crippen LogP contribution in [0.15, 0.2) is 174 Å². The summed E-state index contributed by atoms with van der Waals surface area (Å²) in [5.74, 6) is -2.22. The van der Waals surface area contributed by atoms with Crippen molar-refractivity contribution in [3.8, 4) is 0 Å². The van der Waals surface area contributed by atoms with E-state index >= 15 is 0 Å². The molecule has 16 nitrogen and oxygen atoms in total. The van der Waals surface area contributed by atoms with Crippen LogP contribution in [0, 0.1) is 36.5 Å². The molecule has 0 aliphatic rings. The van der Waals surface area contributed by atoms with Gasteiger partial charge in [-0.25, -0.2) is 22.0 Å². The van der Waals surface area contributed by atoms with E-state index in [2.05, 4.69) is 54.4 Å². The molecule has 0 unspecified atom stereocenters. The number of ether oxygens (including phenoxy) is 2. The number of ketones is 1. The Morgan fingerprint density at radius 3 is 1.38 bits per heavy atom. The molecule has 0 aliphatic heterocycles. The molecule has 3 aromatic heterocycles. The molecular weight excluding hydrogens is 1620 g/mol. The molecule has 5 aromatic carbocycles. The number of alkyl halides is 1. The minimum absolute atomic E-state index is 0. The molecule has 0 bridgehead atoms. The number of anilines is 1. The van der Waals surface area contributed by atoms with Gasteiger partial charge in [-0.05, 0) is 190 Å². The first kappa shape index (κ1) is 82.8. The summed E-state index contributed by atoms with van der Waals surface area (Å²) in [6.45, 7) is 17.6. The second-order valence-corrected chi connectivity index (χ2v) is 22.6. The van der Waals surface area contributed by atoms with Crippen LogP contribution in [0.5, 0.6) is 0 Å². The quantitative estimate of drug-likeness (QED) is 0.0208. The first-order valence-electron chi connectivity index (χ1n) is 27.8. The van der Waals surface area contributed by atoms with Gasteiger partial charge in [-0.15, -0.1) is 6.58 Å². The van der Waals surface area contributed by atoms with E-state index in [0.717, 1.165) is 16.2 Å². The summed E-state index contributed by atoms with van der Waals surface area (Å²) in [7, 11) is -1.00. The molecule has 0 fully saturated rings. The third-order valence-corrected chi connectivity index (χ3v) is 14.6. The van der Waals surface area contributed by atoms with E-state index in [-0.39, 0.29) is 94.7 Å². The summed E-state index contributed by atoms with van der Waals surface area (Å²) in [6, 6.07) is 27.9. The first-order chi connectivity index (χ1) is 43.2. The Hall–Kier alpha value is -7.20. The van der Waals surface area contributed by atoms with Crippen molar-refractivity contribution in [2.75, 3.05) is 31.8 Å². The summed E-state index contributed by atoms with van der Waals surface area (Å²) < 4.78 is 133. The van der Waals surface area contributed by atoms with Gasteiger partial charge in [0.15, 0.2) is 5.78 Å². The van der Waals surface area contributed by atoms with Crippen molar-refractivity contribution < 1.29 is 99.1 Å². The standard InChI is InChI=1S/C14H14FNO.C13H15BrFNO2.C13H12FNO2.C12H12BrFO2.C11H9BrFNO.CH3F.CH3.4O.Os.V/c1-3-5-11-12(15)8-6-10-7-9-13(17)16(4-2)14(10)11;1-3-16(12(17)8-9-18-4-2)11-7-5-6-10(15)13(11)14;1-2-15-12(17)6-4-9-3-5-11(14)10(7-8-16)13(9)15;1-2-16-7-6-10(15)8-9-4-3-5-11(14)12(9)13;1-2-14-9(15)6-4-7-3-5-8(13)10(12)11(7)14;1-2;;;;;;;/h3,6-9H,1,4-5H2,2H3;5-9H,3-4H2,1-2H3;3-6,8H,2,7H2,1H3;3-7H,2,8H2,1H3;3-6H,2H2,1H3;1H3;1H3;;;;;;/q;;;;;;-1;;;;;;/b;9-8+;;7-6+;;;;;;;;;/i;;;;;1D;;;;;;;. The predicted molar refractivity (Wildman–Crippen MR) is 346 cm³/mol. The van der Waals surface area contributed by atoms with Crippen LogP contribution in [0.1, 0.15) is 59.6 Å². The van der Waals surface area contributed by atoms with Crippen LogP contribution in [-0.4, -0.2) is 58.6 Å². The minimum atomic E-state index is -6.06. The van der Waals surface area contributed by atoms with Gasteiger partial charge < -0.3 is 40.3 Å². The summed E-state index contributed by atoms with van der Waals surface area (Å²) >= 11 is 3.37. The van der Waals surface area contributed by atoms with Gasteiger partial charge in [0.05, 0.1) is 69.9 Å². The predicted octanol–water partition coefficient (Wildman–Crippen LogP) is 15.0. The number of hydrogen-bond donors (Lipinski definition) is 0. The Labute approximate surface area is 569 Å². The van der Waals surface area contributed by atoms with E-state index in [0.29, 0.717) is 94.4 Å². The van der Waals surface area contributed by atoms with Crippen LogP contribution in [0.2, 0.25) is 0 Å². The fourth-order valence-corrected chi connectivity index (χ4v) is 9.82. The molecule has 0 saturated heterocycles. The van der Waals surface area contributed by atoms with Crippen molar-refractivity contribution in [3.63, 3.8) is 0 Å². The molecule has 0 aliphatic carbocycles. The monoisotopic (exact) mass is 1690 g/mol. The number of pyridine rings is 3. The normalized spacial score (nSPS) is 10.5. The van der Waals surface area contributed by atoms with Crippen LogP contribution in [0.25, 0.3) is 32.7 Å². The Bertz CT molecular complexity index is 4180. The third-order valence-electron chi connectivity index (χ3n) is 12.2. The number of rotatable bonds is 17. The maximum Gasteiger partial charge on any atom is 0 e. The van der Waals surface area contributed by atoms with Gasteiger partial charge in [0.2, 0.25) is 0 Å². The van der Waals surface area contributed by atoms with Gasteiger partial charge in [-0.3, -0.25) is 28.4 Å². The van der Waals surface area contributed by atoms with Crippen LogP contribution >= 0.6 is 47.8 Å². The number of carbonyl (C=O) groups is 3. The number of aldehydes is 1. The second-order valence-electron chi connectivity index (χ2n) is 17.7. The first-order valence-corrected chi connectivity index (χ1v) is 33.6. The fraction of sp³-hybridized carbons (Fsp3) is 0.246. The molecule has 27 heteroatoms. The summed E-state index contributed by atoms with van der Waals surface area (Å²) in [4.78, 5) is 70.4. The number of amides is 1. The van der Waals surface area contributed by atoms with E-state index in [1.54, 1.807) is 75.9 Å². The molecule has 0 saturated carbocycles. The van der Waals surface area contributed by atoms with Crippen molar-refractivity contribution in [2.24, 2.45) is 0 Å². The number of nitrogens with zero attached hydrogens (tertiary/aromatic N) is 4. The maximum atomic E-state index is 13.8. The van der Waals surface area contributed by atoms with E-state index in [1.165, 1.54) is 82.7 Å². The summed E-state index contributed by atoms with van der Waals surface area (Å²) in [5.41, 5.74) is 3.38. The minimum Gasteiger partial charge on any atom is 0 e. The van der Waals surface area contributed by atoms with Crippen molar-refractivity contribution >= 4 is 104 Å². The topological polar surface area (TPSA) is 207 Å². The number of carbonyl (C=O) groups excluding carboxylic acids is 3. The van der Waals surface area contributed by atoms with Gasteiger partial charge in [0, 0.05) is 99.1 Å². The van der Waals surface area contributed by atoms with E-state index in [4.69, 9.17) is 25.0 Å². The summed E-state index contributed by atoms with van der Waals surface area (Å²) in [6.07, 6.45) is 8.23. The van der Waals surface area contributed by atoms with Gasteiger partial charge in [-0.2, -0.15) is 0 Å². The zero-order valence-corrected chi connectivity index (χ0v) is 59.7. The molecular formula is C65H68Br3F6N4O12OsV-. The molecule has 8 aromatic rings. The molecule has 0 N–H and O–H groups in total. The Morgan fingerprint density at radius 2 is 0.957 bits per heavy atom. The van der Waals surface area contributed by atoms with Gasteiger partial charge >= 0.3 is 29.0 Å². The number of aromatic nitrogens is 3. The average molecular weight is 1690 g/mol. The van der Waals surface area contributed by atoms with Crippen LogP contribution in [0.4, 0.5) is 32.0 Å². The van der Waals surface area contributed by atoms with Crippen LogP contribution < -0.4 is 21.6 Å². The van der Waals surface area contributed by atoms with Crippen LogP contribution in [0.3, 0.4) is 0 Å². The van der Waals surface area contributed by atoms with Crippen molar-refractivity contribution in [1.82, 2.24) is 13.7 Å². The maximum absolute atomic E-state index is 13.8. The zero-order valence-electron chi connectivity index (χ0n) is 52.0. The number of likely N-dealkylation sites (N-methyl/N-ethyl adjacent to an activating group) is 1. The largest absolute Gasteiger partial charge is 0 e. The molecule has 8 rings (SSSR count). The number of aryl methyl sites for hydroxylation is 3. The summed E-state index contributed by atoms with van der Waals surface area (Å²) in [5, 5.41) is 2.50. The molecule has 1 radical (unpaired) electrons. The number of halogens is 9. The van der Waals surface area contributed by atoms with Gasteiger partial charge in [0.25, 0.3) is 22.6 Å². The smallest absolute Gasteiger partial charge is 0 e. The third kappa shape index (κ3) is 25.7. The van der Waals surface area contributed by atoms with Crippen LogP contribution in [-0.2, 0) is 110 Å². The number of fused-ring (bicyclic) bond motifs is 3. The van der Waals surface area contributed by atoms with Crippen molar-refractivity contribution in [2.45, 2.75) is 80.4 Å². The second kappa shape index (κ2) is 43.6. The van der Waals surface area contributed by atoms with E-state index in [9.17, 15) is 55.1 Å². The number of hydrogen-bond acceptors (Lipinski definition) is 12. The molecule has 92 heavy (non-hydrogen) atoms. The average Bonchev–Trinajstić information content (AvgIpc) is 0.804. The Kier molecular flexibility index (Phi) is 39.2. The molecule has 497 valence electrons. The Balaban J connectivity index is 0.00000110. The molecule has 3 heterocycles. The number of allylic oxidation sites excluding steroid dienone is 2. The van der Waals surface area contributed by atoms with Crippen molar-refractivity contribution in [1.29, 1.82) is 0 Å².